The number of thiazole rings is 1. The normalized spacial score (nSPS) is 11.1. The molecule has 0 aliphatic rings. The molecule has 1 aromatic heterocycles. The van der Waals surface area contributed by atoms with Crippen molar-refractivity contribution in [1.29, 1.82) is 0 Å². The first-order valence-electron chi connectivity index (χ1n) is 7.52. The van der Waals surface area contributed by atoms with Crippen LogP contribution in [0.3, 0.4) is 0 Å². The minimum absolute atomic E-state index is 0.555. The van der Waals surface area contributed by atoms with Gasteiger partial charge in [-0.25, -0.2) is 4.98 Å². The summed E-state index contributed by atoms with van der Waals surface area (Å²) in [6.07, 6.45) is 0. The summed E-state index contributed by atoms with van der Waals surface area (Å²) < 4.78 is 0. The standard InChI is InChI=1S/C19H20N2S/c1-13(2)15-6-8-16(9-7-15)18-12-22-19(21-18)17-5-3-4-14(10-17)11-20/h3-10,12-13H,11,20H2,1-2H3. The number of rotatable bonds is 4. The summed E-state index contributed by atoms with van der Waals surface area (Å²) >= 11 is 1.68. The lowest BCUT2D eigenvalue weighted by Gasteiger charge is -2.05. The Bertz CT molecular complexity index is 757. The molecule has 3 aromatic rings. The Labute approximate surface area is 135 Å². The van der Waals surface area contributed by atoms with Crippen LogP contribution in [0, 0.1) is 0 Å². The van der Waals surface area contributed by atoms with Gasteiger partial charge in [-0.15, -0.1) is 11.3 Å². The van der Waals surface area contributed by atoms with Crippen molar-refractivity contribution >= 4 is 11.3 Å². The van der Waals surface area contributed by atoms with Gasteiger partial charge in [0.05, 0.1) is 5.69 Å². The lowest BCUT2D eigenvalue weighted by Crippen LogP contribution is -1.95. The van der Waals surface area contributed by atoms with Crippen LogP contribution >= 0.6 is 11.3 Å². The molecule has 1 heterocycles. The summed E-state index contributed by atoms with van der Waals surface area (Å²) in [6.45, 7) is 4.98. The Kier molecular flexibility index (Phi) is 4.36. The molecule has 0 atom stereocenters. The van der Waals surface area contributed by atoms with Crippen molar-refractivity contribution in [2.24, 2.45) is 5.73 Å². The molecule has 0 saturated heterocycles. The van der Waals surface area contributed by atoms with E-state index >= 15 is 0 Å². The van der Waals surface area contributed by atoms with E-state index in [-0.39, 0.29) is 0 Å². The van der Waals surface area contributed by atoms with Crippen LogP contribution in [0.1, 0.15) is 30.9 Å². The second-order valence-electron chi connectivity index (χ2n) is 5.72. The van der Waals surface area contributed by atoms with Crippen LogP contribution in [0.4, 0.5) is 0 Å². The van der Waals surface area contributed by atoms with Crippen molar-refractivity contribution in [1.82, 2.24) is 4.98 Å². The van der Waals surface area contributed by atoms with E-state index in [1.807, 2.05) is 12.1 Å². The highest BCUT2D eigenvalue weighted by atomic mass is 32.1. The molecule has 0 spiro atoms. The summed E-state index contributed by atoms with van der Waals surface area (Å²) in [5, 5.41) is 3.16. The average molecular weight is 308 g/mol. The predicted molar refractivity (Wildman–Crippen MR) is 95.0 cm³/mol. The Morgan fingerprint density at radius 2 is 1.82 bits per heavy atom. The Hall–Kier alpha value is -1.97. The van der Waals surface area contributed by atoms with Gasteiger partial charge in [0.2, 0.25) is 0 Å². The van der Waals surface area contributed by atoms with Crippen LogP contribution in [0.25, 0.3) is 21.8 Å². The zero-order chi connectivity index (χ0) is 15.5. The zero-order valence-electron chi connectivity index (χ0n) is 12.9. The van der Waals surface area contributed by atoms with E-state index < -0.39 is 0 Å². The van der Waals surface area contributed by atoms with Crippen LogP contribution in [0.2, 0.25) is 0 Å². The predicted octanol–water partition coefficient (Wildman–Crippen LogP) is 5.06. The lowest BCUT2D eigenvalue weighted by atomic mass is 10.0. The third-order valence-corrected chi connectivity index (χ3v) is 4.68. The molecule has 0 bridgehead atoms. The molecule has 0 aliphatic heterocycles. The number of benzene rings is 2. The van der Waals surface area contributed by atoms with Gasteiger partial charge in [-0.2, -0.15) is 0 Å². The molecule has 3 heteroatoms. The summed E-state index contributed by atoms with van der Waals surface area (Å²) in [4.78, 5) is 4.78. The van der Waals surface area contributed by atoms with Gasteiger partial charge >= 0.3 is 0 Å². The first-order chi connectivity index (χ1) is 10.7. The van der Waals surface area contributed by atoms with Crippen LogP contribution in [0.15, 0.2) is 53.9 Å². The maximum atomic E-state index is 5.71. The molecule has 2 N–H and O–H groups in total. The zero-order valence-corrected chi connectivity index (χ0v) is 13.7. The first-order valence-corrected chi connectivity index (χ1v) is 8.40. The third kappa shape index (κ3) is 3.11. The molecule has 0 fully saturated rings. The van der Waals surface area contributed by atoms with Gasteiger partial charge < -0.3 is 5.73 Å². The highest BCUT2D eigenvalue weighted by Gasteiger charge is 2.08. The monoisotopic (exact) mass is 308 g/mol. The first kappa shape index (κ1) is 14.9. The van der Waals surface area contributed by atoms with Gasteiger partial charge in [0.1, 0.15) is 5.01 Å². The van der Waals surface area contributed by atoms with Crippen molar-refractivity contribution in [3.8, 4) is 21.8 Å². The van der Waals surface area contributed by atoms with Gasteiger partial charge in [-0.3, -0.25) is 0 Å². The van der Waals surface area contributed by atoms with Crippen molar-refractivity contribution < 1.29 is 0 Å². The molecular weight excluding hydrogens is 288 g/mol. The topological polar surface area (TPSA) is 38.9 Å². The van der Waals surface area contributed by atoms with Crippen LogP contribution in [-0.4, -0.2) is 4.98 Å². The second-order valence-corrected chi connectivity index (χ2v) is 6.58. The summed E-state index contributed by atoms with van der Waals surface area (Å²) in [5.41, 5.74) is 11.5. The largest absolute Gasteiger partial charge is 0.326 e. The van der Waals surface area contributed by atoms with Crippen molar-refractivity contribution in [3.63, 3.8) is 0 Å². The Balaban J connectivity index is 1.89. The van der Waals surface area contributed by atoms with E-state index in [2.05, 4.69) is 55.6 Å². The maximum Gasteiger partial charge on any atom is 0.124 e. The van der Waals surface area contributed by atoms with Crippen LogP contribution < -0.4 is 5.73 Å². The quantitative estimate of drug-likeness (QED) is 0.731. The molecule has 22 heavy (non-hydrogen) atoms. The molecular formula is C19H20N2S. The highest BCUT2D eigenvalue weighted by molar-refractivity contribution is 7.13. The summed E-state index contributed by atoms with van der Waals surface area (Å²) in [7, 11) is 0. The molecule has 0 unspecified atom stereocenters. The van der Waals surface area contributed by atoms with Crippen LogP contribution in [0.5, 0.6) is 0 Å². The van der Waals surface area contributed by atoms with Crippen molar-refractivity contribution in [2.75, 3.05) is 0 Å². The molecule has 0 radical (unpaired) electrons. The fourth-order valence-corrected chi connectivity index (χ4v) is 3.24. The van der Waals surface area contributed by atoms with Gasteiger partial charge in [0.15, 0.2) is 0 Å². The number of nitrogens with zero attached hydrogens (tertiary/aromatic N) is 1. The molecule has 112 valence electrons. The molecule has 0 amide bonds. The van der Waals surface area contributed by atoms with Crippen molar-refractivity contribution in [2.45, 2.75) is 26.3 Å². The molecule has 2 nitrogen and oxygen atoms in total. The maximum absolute atomic E-state index is 5.71. The minimum atomic E-state index is 0.555. The summed E-state index contributed by atoms with van der Waals surface area (Å²) in [6, 6.07) is 17.0. The number of hydrogen-bond acceptors (Lipinski definition) is 3. The van der Waals surface area contributed by atoms with E-state index in [0.29, 0.717) is 12.5 Å². The van der Waals surface area contributed by atoms with E-state index in [4.69, 9.17) is 10.7 Å². The van der Waals surface area contributed by atoms with Gasteiger partial charge in [-0.1, -0.05) is 56.3 Å². The highest BCUT2D eigenvalue weighted by Crippen LogP contribution is 2.30. The molecule has 2 aromatic carbocycles. The minimum Gasteiger partial charge on any atom is -0.326 e. The number of hydrogen-bond donors (Lipinski definition) is 1. The summed E-state index contributed by atoms with van der Waals surface area (Å²) in [5.74, 6) is 0.555. The molecule has 0 saturated carbocycles. The average Bonchev–Trinajstić information content (AvgIpc) is 3.05. The van der Waals surface area contributed by atoms with Crippen molar-refractivity contribution in [3.05, 3.63) is 65.0 Å². The van der Waals surface area contributed by atoms with E-state index in [1.54, 1.807) is 11.3 Å². The fraction of sp³-hybridized carbons (Fsp3) is 0.211. The van der Waals surface area contributed by atoms with Crippen LogP contribution in [-0.2, 0) is 6.54 Å². The van der Waals surface area contributed by atoms with Gasteiger partial charge in [0, 0.05) is 23.1 Å². The van der Waals surface area contributed by atoms with E-state index in [1.165, 1.54) is 11.1 Å². The van der Waals surface area contributed by atoms with Gasteiger partial charge in [-0.05, 0) is 23.1 Å². The third-order valence-electron chi connectivity index (χ3n) is 3.79. The Morgan fingerprint density at radius 3 is 2.50 bits per heavy atom. The lowest BCUT2D eigenvalue weighted by molar-refractivity contribution is 0.867. The fourth-order valence-electron chi connectivity index (χ4n) is 2.41. The number of nitrogens with two attached hydrogens (primary N) is 1. The smallest absolute Gasteiger partial charge is 0.124 e. The van der Waals surface area contributed by atoms with Gasteiger partial charge in [0.25, 0.3) is 0 Å². The Morgan fingerprint density at radius 1 is 1.05 bits per heavy atom. The molecule has 0 aliphatic carbocycles. The van der Waals surface area contributed by atoms with E-state index in [0.717, 1.165) is 21.8 Å². The van der Waals surface area contributed by atoms with E-state index in [9.17, 15) is 0 Å². The number of aromatic nitrogens is 1. The second kappa shape index (κ2) is 6.42. The SMILES string of the molecule is CC(C)c1ccc(-c2csc(-c3cccc(CN)c3)n2)cc1. The molecule has 3 rings (SSSR count).